The summed E-state index contributed by atoms with van der Waals surface area (Å²) in [6, 6.07) is 11.8. The van der Waals surface area contributed by atoms with Crippen LogP contribution in [0.3, 0.4) is 0 Å². The minimum absolute atomic E-state index is 0.0616. The minimum Gasteiger partial charge on any atom is -0.332 e. The third kappa shape index (κ3) is 5.25. The third-order valence-electron chi connectivity index (χ3n) is 3.99. The molecule has 0 unspecified atom stereocenters. The molecule has 2 rings (SSSR count). The first-order valence-electron chi connectivity index (χ1n) is 8.07. The van der Waals surface area contributed by atoms with Gasteiger partial charge < -0.3 is 5.32 Å². The lowest BCUT2D eigenvalue weighted by atomic mass is 9.87. The van der Waals surface area contributed by atoms with Gasteiger partial charge in [-0.2, -0.15) is 0 Å². The van der Waals surface area contributed by atoms with Crippen LogP contribution in [0.1, 0.15) is 47.8 Å². The SMILES string of the molecule is Cc1cc(NC(=S)NC(=O)c2ccc(C(C)(C)C)cc2)c(C)cc1I. The largest absolute Gasteiger partial charge is 0.332 e. The van der Waals surface area contributed by atoms with E-state index in [0.29, 0.717) is 10.7 Å². The summed E-state index contributed by atoms with van der Waals surface area (Å²) in [6.45, 7) is 10.5. The van der Waals surface area contributed by atoms with Crippen LogP contribution >= 0.6 is 34.8 Å². The molecule has 0 fully saturated rings. The van der Waals surface area contributed by atoms with Gasteiger partial charge in [0.2, 0.25) is 0 Å². The Morgan fingerprint density at radius 3 is 2.20 bits per heavy atom. The summed E-state index contributed by atoms with van der Waals surface area (Å²) in [4.78, 5) is 12.4. The molecule has 0 saturated heterocycles. The molecular formula is C20H23IN2OS. The van der Waals surface area contributed by atoms with Crippen molar-refractivity contribution >= 4 is 51.5 Å². The van der Waals surface area contributed by atoms with E-state index >= 15 is 0 Å². The van der Waals surface area contributed by atoms with Gasteiger partial charge in [0.15, 0.2) is 5.11 Å². The van der Waals surface area contributed by atoms with Crippen LogP contribution in [0.4, 0.5) is 5.69 Å². The lowest BCUT2D eigenvalue weighted by molar-refractivity contribution is 0.0977. The van der Waals surface area contributed by atoms with Crippen molar-refractivity contribution < 1.29 is 4.79 Å². The molecule has 0 atom stereocenters. The van der Waals surface area contributed by atoms with Crippen LogP contribution in [0.15, 0.2) is 36.4 Å². The molecule has 0 aliphatic carbocycles. The molecule has 0 radical (unpaired) electrons. The summed E-state index contributed by atoms with van der Waals surface area (Å²) in [5, 5.41) is 6.15. The van der Waals surface area contributed by atoms with Gasteiger partial charge in [0, 0.05) is 14.8 Å². The molecule has 5 heteroatoms. The van der Waals surface area contributed by atoms with Crippen LogP contribution in [-0.4, -0.2) is 11.0 Å². The minimum atomic E-state index is -0.210. The van der Waals surface area contributed by atoms with Crippen molar-refractivity contribution in [3.05, 3.63) is 62.2 Å². The van der Waals surface area contributed by atoms with Gasteiger partial charge in [0.25, 0.3) is 5.91 Å². The normalized spacial score (nSPS) is 11.1. The first-order valence-corrected chi connectivity index (χ1v) is 9.56. The summed E-state index contributed by atoms with van der Waals surface area (Å²) in [5.74, 6) is -0.210. The molecule has 0 bridgehead atoms. The Morgan fingerprint density at radius 1 is 1.04 bits per heavy atom. The molecule has 2 aromatic carbocycles. The number of carbonyl (C=O) groups excluding carboxylic acids is 1. The maximum absolute atomic E-state index is 12.4. The second-order valence-electron chi connectivity index (χ2n) is 7.15. The highest BCUT2D eigenvalue weighted by Crippen LogP contribution is 2.23. The Hall–Kier alpha value is -1.47. The van der Waals surface area contributed by atoms with Crippen molar-refractivity contribution in [2.45, 2.75) is 40.0 Å². The number of amides is 1. The summed E-state index contributed by atoms with van der Waals surface area (Å²) >= 11 is 7.59. The Labute approximate surface area is 168 Å². The van der Waals surface area contributed by atoms with Crippen LogP contribution in [0.5, 0.6) is 0 Å². The summed E-state index contributed by atoms with van der Waals surface area (Å²) in [6.07, 6.45) is 0. The van der Waals surface area contributed by atoms with Gasteiger partial charge in [-0.1, -0.05) is 32.9 Å². The molecule has 2 N–H and O–H groups in total. The highest BCUT2D eigenvalue weighted by Gasteiger charge is 2.15. The smallest absolute Gasteiger partial charge is 0.257 e. The van der Waals surface area contributed by atoms with E-state index in [1.54, 1.807) is 0 Å². The Bertz CT molecular complexity index is 808. The standard InChI is InChI=1S/C20H23IN2OS/c1-12-11-17(13(2)10-16(12)21)22-19(25)23-18(24)14-6-8-15(9-7-14)20(3,4)5/h6-11H,1-5H3,(H2,22,23,24,25). The van der Waals surface area contributed by atoms with Crippen molar-refractivity contribution in [3.63, 3.8) is 0 Å². The second kappa shape index (κ2) is 7.83. The van der Waals surface area contributed by atoms with Gasteiger partial charge in [0.1, 0.15) is 0 Å². The number of hydrogen-bond donors (Lipinski definition) is 2. The first kappa shape index (κ1) is 19.8. The van der Waals surface area contributed by atoms with E-state index in [1.165, 1.54) is 14.7 Å². The van der Waals surface area contributed by atoms with Crippen LogP contribution < -0.4 is 10.6 Å². The molecular weight excluding hydrogens is 443 g/mol. The Morgan fingerprint density at radius 2 is 1.64 bits per heavy atom. The highest BCUT2D eigenvalue weighted by atomic mass is 127. The molecule has 0 heterocycles. The molecule has 3 nitrogen and oxygen atoms in total. The number of anilines is 1. The van der Waals surface area contributed by atoms with Crippen molar-refractivity contribution in [2.75, 3.05) is 5.32 Å². The molecule has 0 spiro atoms. The number of halogens is 1. The Kier molecular flexibility index (Phi) is 6.21. The zero-order valence-corrected chi connectivity index (χ0v) is 18.1. The maximum atomic E-state index is 12.4. The van der Waals surface area contributed by atoms with Crippen LogP contribution in [0.2, 0.25) is 0 Å². The van der Waals surface area contributed by atoms with Gasteiger partial charge in [-0.3, -0.25) is 10.1 Å². The van der Waals surface area contributed by atoms with E-state index in [1.807, 2.05) is 44.2 Å². The fourth-order valence-corrected chi connectivity index (χ4v) is 3.19. The molecule has 0 saturated carbocycles. The lowest BCUT2D eigenvalue weighted by Crippen LogP contribution is -2.34. The first-order chi connectivity index (χ1) is 11.6. The molecule has 2 aromatic rings. The number of hydrogen-bond acceptors (Lipinski definition) is 2. The van der Waals surface area contributed by atoms with Gasteiger partial charge in [0.05, 0.1) is 0 Å². The number of thiocarbonyl (C=S) groups is 1. The average Bonchev–Trinajstić information content (AvgIpc) is 2.51. The summed E-state index contributed by atoms with van der Waals surface area (Å²) in [5.41, 5.74) is 5.00. The topological polar surface area (TPSA) is 41.1 Å². The highest BCUT2D eigenvalue weighted by molar-refractivity contribution is 14.1. The fourth-order valence-electron chi connectivity index (χ4n) is 2.37. The van der Waals surface area contributed by atoms with Crippen molar-refractivity contribution in [1.82, 2.24) is 5.32 Å². The number of rotatable bonds is 2. The number of aryl methyl sites for hydroxylation is 2. The number of benzene rings is 2. The quantitative estimate of drug-likeness (QED) is 0.464. The van der Waals surface area contributed by atoms with Crippen molar-refractivity contribution in [2.24, 2.45) is 0 Å². The van der Waals surface area contributed by atoms with E-state index < -0.39 is 0 Å². The Balaban J connectivity index is 2.05. The number of carbonyl (C=O) groups is 1. The predicted molar refractivity (Wildman–Crippen MR) is 117 cm³/mol. The second-order valence-corrected chi connectivity index (χ2v) is 8.72. The molecule has 132 valence electrons. The van der Waals surface area contributed by atoms with Gasteiger partial charge in [-0.15, -0.1) is 0 Å². The molecule has 1 amide bonds. The van der Waals surface area contributed by atoms with Gasteiger partial charge in [-0.05, 0) is 95.0 Å². The molecule has 0 aromatic heterocycles. The van der Waals surface area contributed by atoms with E-state index in [-0.39, 0.29) is 11.3 Å². The summed E-state index contributed by atoms with van der Waals surface area (Å²) in [7, 11) is 0. The monoisotopic (exact) mass is 466 g/mol. The van der Waals surface area contributed by atoms with E-state index in [4.69, 9.17) is 12.2 Å². The molecule has 25 heavy (non-hydrogen) atoms. The third-order valence-corrected chi connectivity index (χ3v) is 5.36. The summed E-state index contributed by atoms with van der Waals surface area (Å²) < 4.78 is 1.20. The van der Waals surface area contributed by atoms with Crippen LogP contribution in [0, 0.1) is 17.4 Å². The predicted octanol–water partition coefficient (Wildman–Crippen LogP) is 5.33. The van der Waals surface area contributed by atoms with E-state index in [9.17, 15) is 4.79 Å². The average molecular weight is 466 g/mol. The zero-order valence-electron chi connectivity index (χ0n) is 15.2. The molecule has 0 aliphatic heterocycles. The maximum Gasteiger partial charge on any atom is 0.257 e. The molecule has 0 aliphatic rings. The fraction of sp³-hybridized carbons (Fsp3) is 0.300. The van der Waals surface area contributed by atoms with Crippen LogP contribution in [0.25, 0.3) is 0 Å². The van der Waals surface area contributed by atoms with E-state index in [2.05, 4.69) is 60.1 Å². The lowest BCUT2D eigenvalue weighted by Gasteiger charge is -2.19. The number of nitrogens with one attached hydrogen (secondary N) is 2. The van der Waals surface area contributed by atoms with Crippen molar-refractivity contribution in [3.8, 4) is 0 Å². The van der Waals surface area contributed by atoms with Crippen LogP contribution in [-0.2, 0) is 5.41 Å². The van der Waals surface area contributed by atoms with Gasteiger partial charge in [-0.25, -0.2) is 0 Å². The van der Waals surface area contributed by atoms with Crippen molar-refractivity contribution in [1.29, 1.82) is 0 Å². The van der Waals surface area contributed by atoms with Gasteiger partial charge >= 0.3 is 0 Å². The van der Waals surface area contributed by atoms with E-state index in [0.717, 1.165) is 11.3 Å². The zero-order chi connectivity index (χ0) is 18.8.